The van der Waals surface area contributed by atoms with Crippen LogP contribution in [-0.2, 0) is 4.79 Å². The van der Waals surface area contributed by atoms with E-state index in [0.717, 1.165) is 5.56 Å². The van der Waals surface area contributed by atoms with Gasteiger partial charge in [-0.2, -0.15) is 0 Å². The van der Waals surface area contributed by atoms with Crippen molar-refractivity contribution in [3.05, 3.63) is 51.0 Å². The Morgan fingerprint density at radius 3 is 2.64 bits per heavy atom. The smallest absolute Gasteiger partial charge is 0.258 e. The molecule has 0 aliphatic carbocycles. The van der Waals surface area contributed by atoms with Crippen LogP contribution in [0.3, 0.4) is 0 Å². The van der Waals surface area contributed by atoms with E-state index < -0.39 is 0 Å². The number of benzene rings is 2. The minimum absolute atomic E-state index is 0.202. The third kappa shape index (κ3) is 4.24. The van der Waals surface area contributed by atoms with Gasteiger partial charge in [-0.1, -0.05) is 40.9 Å². The second kappa shape index (κ2) is 7.60. The minimum Gasteiger partial charge on any atom is -0.482 e. The molecular formula is C17H14Cl3NO4. The Kier molecular flexibility index (Phi) is 5.47. The highest BCUT2D eigenvalue weighted by Gasteiger charge is 2.17. The van der Waals surface area contributed by atoms with Crippen LogP contribution in [0.4, 0.5) is 0 Å². The average Bonchev–Trinajstić information content (AvgIpc) is 3.04. The Hall–Kier alpha value is -1.82. The number of fused-ring (bicyclic) bond motifs is 1. The van der Waals surface area contributed by atoms with Gasteiger partial charge >= 0.3 is 0 Å². The number of rotatable bonds is 5. The first kappa shape index (κ1) is 18.0. The summed E-state index contributed by atoms with van der Waals surface area (Å²) >= 11 is 17.8. The quantitative estimate of drug-likeness (QED) is 0.741. The average molecular weight is 403 g/mol. The third-order valence-electron chi connectivity index (χ3n) is 3.61. The Morgan fingerprint density at radius 2 is 1.84 bits per heavy atom. The number of amides is 1. The molecule has 0 saturated carbocycles. The molecule has 5 nitrogen and oxygen atoms in total. The van der Waals surface area contributed by atoms with E-state index >= 15 is 0 Å². The zero-order valence-electron chi connectivity index (χ0n) is 13.1. The molecule has 1 aliphatic heterocycles. The van der Waals surface area contributed by atoms with Gasteiger partial charge in [-0.3, -0.25) is 4.79 Å². The number of carbonyl (C=O) groups is 1. The van der Waals surface area contributed by atoms with Gasteiger partial charge in [0.25, 0.3) is 5.91 Å². The summed E-state index contributed by atoms with van der Waals surface area (Å²) in [7, 11) is 0. The highest BCUT2D eigenvalue weighted by atomic mass is 35.5. The van der Waals surface area contributed by atoms with Crippen molar-refractivity contribution in [2.75, 3.05) is 13.4 Å². The Balaban J connectivity index is 1.58. The lowest BCUT2D eigenvalue weighted by Crippen LogP contribution is -2.31. The van der Waals surface area contributed by atoms with Crippen molar-refractivity contribution in [1.82, 2.24) is 5.32 Å². The fourth-order valence-electron chi connectivity index (χ4n) is 2.31. The maximum atomic E-state index is 12.1. The lowest BCUT2D eigenvalue weighted by molar-refractivity contribution is -0.123. The van der Waals surface area contributed by atoms with Crippen molar-refractivity contribution in [2.45, 2.75) is 13.0 Å². The van der Waals surface area contributed by atoms with Crippen molar-refractivity contribution in [3.63, 3.8) is 0 Å². The minimum atomic E-state index is -0.299. The van der Waals surface area contributed by atoms with Gasteiger partial charge in [0.05, 0.1) is 21.1 Å². The van der Waals surface area contributed by atoms with Crippen molar-refractivity contribution in [1.29, 1.82) is 0 Å². The Bertz CT molecular complexity index is 813. The molecule has 0 unspecified atom stereocenters. The van der Waals surface area contributed by atoms with Crippen LogP contribution in [0.25, 0.3) is 0 Å². The molecule has 1 heterocycles. The Labute approximate surface area is 159 Å². The summed E-state index contributed by atoms with van der Waals surface area (Å²) in [6.07, 6.45) is 0. The number of halogens is 3. The van der Waals surface area contributed by atoms with Gasteiger partial charge < -0.3 is 19.5 Å². The molecule has 2 aromatic rings. The standard InChI is InChI=1S/C17H14Cl3NO4/c1-9(10-2-3-14-16(4-10)25-8-24-14)21-17(22)7-23-15-6-12(19)11(18)5-13(15)20/h2-6,9H,7-8H2,1H3,(H,21,22)/t9-/m0/s1. The summed E-state index contributed by atoms with van der Waals surface area (Å²) in [4.78, 5) is 12.1. The number of nitrogens with one attached hydrogen (secondary N) is 1. The summed E-state index contributed by atoms with van der Waals surface area (Å²) in [6, 6.07) is 8.23. The SMILES string of the molecule is C[C@H](NC(=O)COc1cc(Cl)c(Cl)cc1Cl)c1ccc2c(c1)OCO2. The van der Waals surface area contributed by atoms with E-state index in [1.165, 1.54) is 12.1 Å². The van der Waals surface area contributed by atoms with E-state index in [1.807, 2.05) is 25.1 Å². The summed E-state index contributed by atoms with van der Waals surface area (Å²) < 4.78 is 16.0. The normalized spacial score (nSPS) is 13.4. The van der Waals surface area contributed by atoms with Crippen LogP contribution in [0.1, 0.15) is 18.5 Å². The number of hydrogen-bond acceptors (Lipinski definition) is 4. The number of carbonyl (C=O) groups excluding carboxylic acids is 1. The first-order valence-corrected chi connectivity index (χ1v) is 8.53. The van der Waals surface area contributed by atoms with Gasteiger partial charge in [-0.15, -0.1) is 0 Å². The van der Waals surface area contributed by atoms with E-state index in [0.29, 0.717) is 27.3 Å². The molecule has 0 fully saturated rings. The van der Waals surface area contributed by atoms with Gasteiger partial charge in [0.15, 0.2) is 18.1 Å². The summed E-state index contributed by atoms with van der Waals surface area (Å²) in [5.41, 5.74) is 0.894. The van der Waals surface area contributed by atoms with Crippen molar-refractivity contribution >= 4 is 40.7 Å². The van der Waals surface area contributed by atoms with Crippen LogP contribution in [0.15, 0.2) is 30.3 Å². The first-order valence-electron chi connectivity index (χ1n) is 7.40. The molecule has 1 atom stereocenters. The molecular weight excluding hydrogens is 389 g/mol. The van der Waals surface area contributed by atoms with E-state index in [2.05, 4.69) is 5.32 Å². The molecule has 3 rings (SSSR count). The summed E-state index contributed by atoms with van der Waals surface area (Å²) in [6.45, 7) is 1.87. The lowest BCUT2D eigenvalue weighted by Gasteiger charge is -2.15. The topological polar surface area (TPSA) is 56.8 Å². The zero-order chi connectivity index (χ0) is 18.0. The molecule has 8 heteroatoms. The highest BCUT2D eigenvalue weighted by molar-refractivity contribution is 6.43. The van der Waals surface area contributed by atoms with Gasteiger partial charge in [-0.25, -0.2) is 0 Å². The molecule has 0 spiro atoms. The van der Waals surface area contributed by atoms with Crippen LogP contribution in [0.5, 0.6) is 17.2 Å². The van der Waals surface area contributed by atoms with Crippen LogP contribution in [-0.4, -0.2) is 19.3 Å². The van der Waals surface area contributed by atoms with E-state index in [9.17, 15) is 4.79 Å². The highest BCUT2D eigenvalue weighted by Crippen LogP contribution is 2.35. The molecule has 0 bridgehead atoms. The fraction of sp³-hybridized carbons (Fsp3) is 0.235. The molecule has 0 radical (unpaired) electrons. The molecule has 1 aliphatic rings. The predicted molar refractivity (Wildman–Crippen MR) is 96.1 cm³/mol. The first-order chi connectivity index (χ1) is 11.9. The van der Waals surface area contributed by atoms with Crippen molar-refractivity contribution in [2.24, 2.45) is 0 Å². The third-order valence-corrected chi connectivity index (χ3v) is 4.63. The van der Waals surface area contributed by atoms with Gasteiger partial charge in [0, 0.05) is 6.07 Å². The van der Waals surface area contributed by atoms with Gasteiger partial charge in [-0.05, 0) is 30.7 Å². The molecule has 0 saturated heterocycles. The Morgan fingerprint density at radius 1 is 1.12 bits per heavy atom. The molecule has 0 aromatic heterocycles. The largest absolute Gasteiger partial charge is 0.482 e. The molecule has 132 valence electrons. The second-order valence-corrected chi connectivity index (χ2v) is 6.61. The van der Waals surface area contributed by atoms with Crippen LogP contribution >= 0.6 is 34.8 Å². The summed E-state index contributed by atoms with van der Waals surface area (Å²) in [5.74, 6) is 1.35. The van der Waals surface area contributed by atoms with E-state index in [-0.39, 0.29) is 30.4 Å². The van der Waals surface area contributed by atoms with Crippen molar-refractivity contribution < 1.29 is 19.0 Å². The molecule has 1 amide bonds. The monoisotopic (exact) mass is 401 g/mol. The maximum Gasteiger partial charge on any atom is 0.258 e. The van der Waals surface area contributed by atoms with Crippen LogP contribution in [0.2, 0.25) is 15.1 Å². The van der Waals surface area contributed by atoms with E-state index in [4.69, 9.17) is 49.0 Å². The maximum absolute atomic E-state index is 12.1. The van der Waals surface area contributed by atoms with Gasteiger partial charge in [0.1, 0.15) is 5.75 Å². The number of ether oxygens (including phenoxy) is 3. The van der Waals surface area contributed by atoms with Gasteiger partial charge in [0.2, 0.25) is 6.79 Å². The fourth-order valence-corrected chi connectivity index (χ4v) is 2.90. The lowest BCUT2D eigenvalue weighted by atomic mass is 10.1. The second-order valence-electron chi connectivity index (χ2n) is 5.39. The predicted octanol–water partition coefficient (Wildman–Crippen LogP) is 4.63. The number of hydrogen-bond donors (Lipinski definition) is 1. The van der Waals surface area contributed by atoms with Crippen LogP contribution < -0.4 is 19.5 Å². The van der Waals surface area contributed by atoms with E-state index in [1.54, 1.807) is 0 Å². The molecule has 2 aromatic carbocycles. The molecule has 25 heavy (non-hydrogen) atoms. The van der Waals surface area contributed by atoms with Crippen molar-refractivity contribution in [3.8, 4) is 17.2 Å². The summed E-state index contributed by atoms with van der Waals surface area (Å²) in [5, 5.41) is 3.74. The zero-order valence-corrected chi connectivity index (χ0v) is 15.4. The van der Waals surface area contributed by atoms with Crippen LogP contribution in [0, 0.1) is 0 Å². The molecule has 1 N–H and O–H groups in total.